The zero-order chi connectivity index (χ0) is 21.3. The summed E-state index contributed by atoms with van der Waals surface area (Å²) in [5.41, 5.74) is 5.45. The summed E-state index contributed by atoms with van der Waals surface area (Å²) in [7, 11) is 0. The summed E-state index contributed by atoms with van der Waals surface area (Å²) in [6, 6.07) is -5.47. The van der Waals surface area contributed by atoms with Crippen LogP contribution in [0.2, 0.25) is 0 Å². The quantitative estimate of drug-likeness (QED) is 0.160. The van der Waals surface area contributed by atoms with Gasteiger partial charge in [0, 0.05) is 5.75 Å². The third kappa shape index (κ3) is 8.70. The van der Waals surface area contributed by atoms with Crippen LogP contribution >= 0.6 is 12.6 Å². The van der Waals surface area contributed by atoms with Crippen LogP contribution in [0.25, 0.3) is 0 Å². The summed E-state index contributed by atoms with van der Waals surface area (Å²) in [5.74, 6) is -5.78. The van der Waals surface area contributed by atoms with Gasteiger partial charge in [0.1, 0.15) is 24.2 Å². The highest BCUT2D eigenvalue weighted by Gasteiger charge is 2.30. The Morgan fingerprint density at radius 1 is 0.926 bits per heavy atom. The van der Waals surface area contributed by atoms with Crippen molar-refractivity contribution >= 4 is 42.3 Å². The van der Waals surface area contributed by atoms with E-state index in [1.165, 1.54) is 6.92 Å². The number of nitrogens with one attached hydrogen (secondary N) is 3. The van der Waals surface area contributed by atoms with Gasteiger partial charge in [0.25, 0.3) is 0 Å². The van der Waals surface area contributed by atoms with Crippen LogP contribution in [-0.4, -0.2) is 81.0 Å². The van der Waals surface area contributed by atoms with Crippen LogP contribution in [0.15, 0.2) is 0 Å². The Balaban J connectivity index is 5.13. The van der Waals surface area contributed by atoms with E-state index in [2.05, 4.69) is 23.3 Å². The molecule has 0 fully saturated rings. The smallest absolute Gasteiger partial charge is 0.325 e. The summed E-state index contributed by atoms with van der Waals surface area (Å²) in [6.45, 7) is 2.44. The van der Waals surface area contributed by atoms with Crippen LogP contribution in [0.1, 0.15) is 20.3 Å². The van der Waals surface area contributed by atoms with Gasteiger partial charge in [-0.05, 0) is 13.8 Å². The van der Waals surface area contributed by atoms with Crippen LogP contribution in [0.3, 0.4) is 0 Å². The molecular formula is C14H24N4O8S. The molecule has 8 N–H and O–H groups in total. The largest absolute Gasteiger partial charge is 0.481 e. The van der Waals surface area contributed by atoms with Crippen molar-refractivity contribution in [1.29, 1.82) is 0 Å². The molecule has 154 valence electrons. The number of carboxylic acids is 2. The number of carboxylic acid groups (broad SMARTS) is 2. The highest BCUT2D eigenvalue weighted by molar-refractivity contribution is 7.80. The molecule has 0 saturated heterocycles. The van der Waals surface area contributed by atoms with Crippen LogP contribution in [0, 0.1) is 0 Å². The summed E-state index contributed by atoms with van der Waals surface area (Å²) in [5, 5.41) is 33.4. The molecule has 0 aromatic heterocycles. The van der Waals surface area contributed by atoms with E-state index in [9.17, 15) is 29.1 Å². The molecule has 0 aromatic rings. The zero-order valence-corrected chi connectivity index (χ0v) is 15.6. The molecule has 0 heterocycles. The van der Waals surface area contributed by atoms with Gasteiger partial charge in [-0.2, -0.15) is 12.6 Å². The Hall–Kier alpha value is -2.38. The van der Waals surface area contributed by atoms with E-state index in [0.29, 0.717) is 0 Å². The molecular weight excluding hydrogens is 384 g/mol. The van der Waals surface area contributed by atoms with E-state index >= 15 is 0 Å². The number of nitrogens with two attached hydrogens (primary N) is 1. The van der Waals surface area contributed by atoms with Crippen molar-refractivity contribution in [2.75, 3.05) is 5.75 Å². The molecule has 0 spiro atoms. The first-order valence-corrected chi connectivity index (χ1v) is 8.44. The number of hydrogen-bond acceptors (Lipinski definition) is 8. The number of thiol groups is 1. The fraction of sp³-hybridized carbons (Fsp3) is 0.643. The number of hydrogen-bond donors (Lipinski definition) is 8. The minimum absolute atomic E-state index is 0.211. The summed E-state index contributed by atoms with van der Waals surface area (Å²) >= 11 is 3.90. The number of rotatable bonds is 11. The average Bonchev–Trinajstić information content (AvgIpc) is 2.56. The van der Waals surface area contributed by atoms with Crippen LogP contribution in [-0.2, 0) is 24.0 Å². The molecule has 0 aliphatic carbocycles. The maximum absolute atomic E-state index is 12.3. The first kappa shape index (κ1) is 24.6. The molecule has 5 unspecified atom stereocenters. The molecule has 27 heavy (non-hydrogen) atoms. The number of carbonyl (C=O) groups excluding carboxylic acids is 3. The molecule has 0 radical (unpaired) electrons. The van der Waals surface area contributed by atoms with E-state index in [1.54, 1.807) is 0 Å². The lowest BCUT2D eigenvalue weighted by Gasteiger charge is -2.23. The fourth-order valence-electron chi connectivity index (χ4n) is 1.71. The van der Waals surface area contributed by atoms with Crippen molar-refractivity contribution in [2.24, 2.45) is 5.73 Å². The molecule has 12 nitrogen and oxygen atoms in total. The highest BCUT2D eigenvalue weighted by Crippen LogP contribution is 1.99. The molecule has 13 heteroatoms. The van der Waals surface area contributed by atoms with Gasteiger partial charge in [-0.3, -0.25) is 24.0 Å². The highest BCUT2D eigenvalue weighted by atomic mass is 32.1. The molecule has 0 bridgehead atoms. The van der Waals surface area contributed by atoms with Gasteiger partial charge in [-0.15, -0.1) is 0 Å². The lowest BCUT2D eigenvalue weighted by molar-refractivity contribution is -0.143. The molecule has 0 rings (SSSR count). The zero-order valence-electron chi connectivity index (χ0n) is 14.7. The Labute approximate surface area is 160 Å². The Bertz CT molecular complexity index is 585. The number of amides is 3. The molecule has 5 atom stereocenters. The van der Waals surface area contributed by atoms with Crippen molar-refractivity contribution in [3.05, 3.63) is 0 Å². The lowest BCUT2D eigenvalue weighted by atomic mass is 10.1. The molecule has 0 aliphatic heterocycles. The third-order valence-electron chi connectivity index (χ3n) is 3.38. The second kappa shape index (κ2) is 11.4. The monoisotopic (exact) mass is 408 g/mol. The normalized spacial score (nSPS) is 16.2. The SMILES string of the molecule is CC(NC(=O)C(CC(=O)O)NC(=O)C(CS)NC(=O)C(N)C(C)O)C(=O)O. The van der Waals surface area contributed by atoms with Crippen molar-refractivity contribution in [3.8, 4) is 0 Å². The van der Waals surface area contributed by atoms with Crippen LogP contribution in [0.5, 0.6) is 0 Å². The third-order valence-corrected chi connectivity index (χ3v) is 3.74. The van der Waals surface area contributed by atoms with Crippen LogP contribution < -0.4 is 21.7 Å². The number of aliphatic hydroxyl groups is 1. The minimum Gasteiger partial charge on any atom is -0.481 e. The van der Waals surface area contributed by atoms with Crippen LogP contribution in [0.4, 0.5) is 0 Å². The summed E-state index contributed by atoms with van der Waals surface area (Å²) in [4.78, 5) is 57.8. The summed E-state index contributed by atoms with van der Waals surface area (Å²) in [6.07, 6.45) is -2.00. The molecule has 0 aromatic carbocycles. The number of aliphatic hydroxyl groups excluding tert-OH is 1. The first-order valence-electron chi connectivity index (χ1n) is 7.80. The maximum atomic E-state index is 12.3. The van der Waals surface area contributed by atoms with Gasteiger partial charge in [0.2, 0.25) is 17.7 Å². The second-order valence-electron chi connectivity index (χ2n) is 5.74. The molecule has 0 aliphatic rings. The lowest BCUT2D eigenvalue weighted by Crippen LogP contribution is -2.58. The molecule has 0 saturated carbocycles. The van der Waals surface area contributed by atoms with Crippen molar-refractivity contribution in [3.63, 3.8) is 0 Å². The van der Waals surface area contributed by atoms with E-state index in [4.69, 9.17) is 15.9 Å². The van der Waals surface area contributed by atoms with Crippen molar-refractivity contribution in [1.82, 2.24) is 16.0 Å². The number of carbonyl (C=O) groups is 5. The standard InChI is InChI=1S/C14H24N4O8S/c1-5(14(25)26)16-11(22)7(3-9(20)21)17-12(23)8(4-27)18-13(24)10(15)6(2)19/h5-8,10,19,27H,3-4,15H2,1-2H3,(H,16,22)(H,17,23)(H,18,24)(H,20,21)(H,25,26). The van der Waals surface area contributed by atoms with E-state index in [-0.39, 0.29) is 5.75 Å². The Morgan fingerprint density at radius 2 is 1.41 bits per heavy atom. The number of aliphatic carboxylic acids is 2. The van der Waals surface area contributed by atoms with E-state index < -0.39 is 66.4 Å². The Kier molecular flexibility index (Phi) is 10.4. The predicted octanol–water partition coefficient (Wildman–Crippen LogP) is -3.34. The first-order chi connectivity index (χ1) is 12.4. The van der Waals surface area contributed by atoms with E-state index in [0.717, 1.165) is 6.92 Å². The minimum atomic E-state index is -1.58. The van der Waals surface area contributed by atoms with Gasteiger partial charge in [0.05, 0.1) is 12.5 Å². The second-order valence-corrected chi connectivity index (χ2v) is 6.10. The fourth-order valence-corrected chi connectivity index (χ4v) is 1.97. The van der Waals surface area contributed by atoms with Gasteiger partial charge >= 0.3 is 11.9 Å². The van der Waals surface area contributed by atoms with Gasteiger partial charge in [-0.1, -0.05) is 0 Å². The maximum Gasteiger partial charge on any atom is 0.325 e. The van der Waals surface area contributed by atoms with Crippen molar-refractivity contribution < 1.29 is 39.3 Å². The average molecular weight is 408 g/mol. The molecule has 3 amide bonds. The Morgan fingerprint density at radius 3 is 1.81 bits per heavy atom. The van der Waals surface area contributed by atoms with Gasteiger partial charge < -0.3 is 37.0 Å². The van der Waals surface area contributed by atoms with Gasteiger partial charge in [-0.25, -0.2) is 0 Å². The van der Waals surface area contributed by atoms with E-state index in [1.807, 2.05) is 5.32 Å². The summed E-state index contributed by atoms with van der Waals surface area (Å²) < 4.78 is 0. The topological polar surface area (TPSA) is 208 Å². The predicted molar refractivity (Wildman–Crippen MR) is 94.9 cm³/mol. The van der Waals surface area contributed by atoms with Gasteiger partial charge in [0.15, 0.2) is 0 Å². The van der Waals surface area contributed by atoms with Crippen molar-refractivity contribution in [2.45, 2.75) is 50.5 Å².